The molecule has 0 aliphatic rings. The van der Waals surface area contributed by atoms with Crippen molar-refractivity contribution in [2.45, 2.75) is 6.92 Å². The smallest absolute Gasteiger partial charge is 0.332 e. The minimum absolute atomic E-state index is 0.659. The second kappa shape index (κ2) is 4.47. The fourth-order valence-electron chi connectivity index (χ4n) is 1.66. The number of aromatic nitrogens is 1. The van der Waals surface area contributed by atoms with E-state index in [4.69, 9.17) is 17.3 Å². The van der Waals surface area contributed by atoms with Gasteiger partial charge in [-0.1, -0.05) is 11.6 Å². The predicted molar refractivity (Wildman–Crippen MR) is 68.4 cm³/mol. The molecule has 0 fully saturated rings. The van der Waals surface area contributed by atoms with Gasteiger partial charge in [0.2, 0.25) is 0 Å². The van der Waals surface area contributed by atoms with Gasteiger partial charge >= 0.3 is 6.03 Å². The number of nitrogens with zero attached hydrogens (tertiary/aromatic N) is 1. The number of aryl methyl sites for hydroxylation is 1. The van der Waals surface area contributed by atoms with E-state index >= 15 is 0 Å². The fourth-order valence-corrected chi connectivity index (χ4v) is 1.94. The summed E-state index contributed by atoms with van der Waals surface area (Å²) in [6.07, 6.45) is 3.31. The molecule has 6 heteroatoms. The van der Waals surface area contributed by atoms with Gasteiger partial charge in [-0.15, -0.1) is 0 Å². The standard InChI is InChI=1S/C11H11ClN4O/c1-6-2-8(12)3-9-7(4-14-10(6)9)5-15-16-11(13)17/h2-5,14H,1H3,(H3,13,16,17). The molecule has 2 amide bonds. The number of primary amides is 1. The molecule has 0 unspecified atom stereocenters. The molecule has 2 rings (SSSR count). The van der Waals surface area contributed by atoms with Crippen LogP contribution in [0, 0.1) is 6.92 Å². The summed E-state index contributed by atoms with van der Waals surface area (Å²) in [5, 5.41) is 5.32. The van der Waals surface area contributed by atoms with Crippen molar-refractivity contribution in [2.75, 3.05) is 0 Å². The lowest BCUT2D eigenvalue weighted by Crippen LogP contribution is -2.24. The molecule has 2 aromatic rings. The van der Waals surface area contributed by atoms with Gasteiger partial charge in [-0.3, -0.25) is 0 Å². The first-order chi connectivity index (χ1) is 8.08. The van der Waals surface area contributed by atoms with E-state index in [0.29, 0.717) is 5.02 Å². The molecule has 0 bridgehead atoms. The second-order valence-electron chi connectivity index (χ2n) is 3.62. The molecular weight excluding hydrogens is 240 g/mol. The quantitative estimate of drug-likeness (QED) is 0.554. The SMILES string of the molecule is Cc1cc(Cl)cc2c(C=NNC(N)=O)c[nH]c12. The lowest BCUT2D eigenvalue weighted by molar-refractivity contribution is 0.249. The van der Waals surface area contributed by atoms with Crippen molar-refractivity contribution in [3.05, 3.63) is 34.5 Å². The summed E-state index contributed by atoms with van der Waals surface area (Å²) in [6.45, 7) is 1.97. The zero-order chi connectivity index (χ0) is 12.4. The van der Waals surface area contributed by atoms with E-state index in [2.05, 4.69) is 15.5 Å². The van der Waals surface area contributed by atoms with Gasteiger partial charge in [0.25, 0.3) is 0 Å². The third-order valence-corrected chi connectivity index (χ3v) is 2.58. The van der Waals surface area contributed by atoms with Gasteiger partial charge < -0.3 is 10.7 Å². The number of nitrogens with two attached hydrogens (primary N) is 1. The van der Waals surface area contributed by atoms with Crippen LogP contribution in [0.3, 0.4) is 0 Å². The topological polar surface area (TPSA) is 83.3 Å². The molecule has 4 N–H and O–H groups in total. The molecular formula is C11H11ClN4O. The number of hydrogen-bond donors (Lipinski definition) is 3. The molecule has 0 atom stereocenters. The molecule has 17 heavy (non-hydrogen) atoms. The van der Waals surface area contributed by atoms with E-state index in [9.17, 15) is 4.79 Å². The number of carbonyl (C=O) groups is 1. The first-order valence-electron chi connectivity index (χ1n) is 4.93. The van der Waals surface area contributed by atoms with Crippen LogP contribution >= 0.6 is 11.6 Å². The zero-order valence-corrected chi connectivity index (χ0v) is 9.88. The summed E-state index contributed by atoms with van der Waals surface area (Å²) in [4.78, 5) is 13.6. The number of H-pyrrole nitrogens is 1. The third kappa shape index (κ3) is 2.39. The number of urea groups is 1. The molecule has 0 saturated carbocycles. The van der Waals surface area contributed by atoms with Crippen LogP contribution in [0.25, 0.3) is 10.9 Å². The monoisotopic (exact) mass is 250 g/mol. The van der Waals surface area contributed by atoms with Crippen LogP contribution in [0.5, 0.6) is 0 Å². The van der Waals surface area contributed by atoms with E-state index in [-0.39, 0.29) is 0 Å². The molecule has 88 valence electrons. The normalized spacial score (nSPS) is 11.2. The Hall–Kier alpha value is -2.01. The van der Waals surface area contributed by atoms with Crippen molar-refractivity contribution in [1.82, 2.24) is 10.4 Å². The average molecular weight is 251 g/mol. The molecule has 0 aliphatic carbocycles. The number of amides is 2. The molecule has 1 aromatic heterocycles. The molecule has 0 radical (unpaired) electrons. The number of aromatic amines is 1. The highest BCUT2D eigenvalue weighted by Crippen LogP contribution is 2.24. The minimum atomic E-state index is -0.699. The maximum atomic E-state index is 10.5. The highest BCUT2D eigenvalue weighted by Gasteiger charge is 2.05. The van der Waals surface area contributed by atoms with Crippen molar-refractivity contribution >= 4 is 34.7 Å². The Kier molecular flexibility index (Phi) is 3.01. The van der Waals surface area contributed by atoms with Crippen molar-refractivity contribution in [3.63, 3.8) is 0 Å². The second-order valence-corrected chi connectivity index (χ2v) is 4.06. The summed E-state index contributed by atoms with van der Waals surface area (Å²) in [5.74, 6) is 0. The summed E-state index contributed by atoms with van der Waals surface area (Å²) < 4.78 is 0. The maximum Gasteiger partial charge on any atom is 0.332 e. The highest BCUT2D eigenvalue weighted by molar-refractivity contribution is 6.31. The van der Waals surface area contributed by atoms with Crippen molar-refractivity contribution in [1.29, 1.82) is 0 Å². The van der Waals surface area contributed by atoms with Crippen molar-refractivity contribution in [2.24, 2.45) is 10.8 Å². The predicted octanol–water partition coefficient (Wildman–Crippen LogP) is 2.13. The van der Waals surface area contributed by atoms with Gasteiger partial charge in [0.05, 0.1) is 6.21 Å². The Morgan fingerprint density at radius 2 is 2.35 bits per heavy atom. The first-order valence-corrected chi connectivity index (χ1v) is 5.31. The number of hydrazone groups is 1. The molecule has 0 spiro atoms. The van der Waals surface area contributed by atoms with Crippen LogP contribution in [0.1, 0.15) is 11.1 Å². The largest absolute Gasteiger partial charge is 0.360 e. The number of rotatable bonds is 2. The Balaban J connectivity index is 2.42. The lowest BCUT2D eigenvalue weighted by Gasteiger charge is -1.98. The van der Waals surface area contributed by atoms with Crippen LogP contribution in [-0.4, -0.2) is 17.2 Å². The van der Waals surface area contributed by atoms with E-state index in [1.165, 1.54) is 6.21 Å². The number of carbonyl (C=O) groups excluding carboxylic acids is 1. The fraction of sp³-hybridized carbons (Fsp3) is 0.0909. The Morgan fingerprint density at radius 1 is 1.59 bits per heavy atom. The van der Waals surface area contributed by atoms with E-state index < -0.39 is 6.03 Å². The zero-order valence-electron chi connectivity index (χ0n) is 9.12. The Labute approximate surface area is 103 Å². The van der Waals surface area contributed by atoms with Gasteiger partial charge in [-0.05, 0) is 24.6 Å². The van der Waals surface area contributed by atoms with Gasteiger partial charge in [0, 0.05) is 27.7 Å². The van der Waals surface area contributed by atoms with Gasteiger partial charge in [0.1, 0.15) is 0 Å². The summed E-state index contributed by atoms with van der Waals surface area (Å²) >= 11 is 5.99. The van der Waals surface area contributed by atoms with Crippen LogP contribution in [0.4, 0.5) is 4.79 Å². The molecule has 0 saturated heterocycles. The molecule has 1 aromatic carbocycles. The Morgan fingerprint density at radius 3 is 3.06 bits per heavy atom. The van der Waals surface area contributed by atoms with E-state index in [0.717, 1.165) is 22.0 Å². The van der Waals surface area contributed by atoms with Gasteiger partial charge in [0.15, 0.2) is 0 Å². The van der Waals surface area contributed by atoms with Crippen LogP contribution in [-0.2, 0) is 0 Å². The molecule has 0 aliphatic heterocycles. The van der Waals surface area contributed by atoms with Crippen molar-refractivity contribution < 1.29 is 4.79 Å². The molecule has 5 nitrogen and oxygen atoms in total. The summed E-state index contributed by atoms with van der Waals surface area (Å²) in [5.41, 5.74) is 9.92. The summed E-state index contributed by atoms with van der Waals surface area (Å²) in [7, 11) is 0. The van der Waals surface area contributed by atoms with Crippen LogP contribution in [0.15, 0.2) is 23.4 Å². The van der Waals surface area contributed by atoms with Gasteiger partial charge in [-0.2, -0.15) is 5.10 Å². The Bertz CT molecular complexity index is 603. The third-order valence-electron chi connectivity index (χ3n) is 2.36. The number of hydrogen-bond acceptors (Lipinski definition) is 2. The molecule has 1 heterocycles. The lowest BCUT2D eigenvalue weighted by atomic mass is 10.1. The highest BCUT2D eigenvalue weighted by atomic mass is 35.5. The maximum absolute atomic E-state index is 10.5. The number of fused-ring (bicyclic) bond motifs is 1. The van der Waals surface area contributed by atoms with E-state index in [1.807, 2.05) is 19.1 Å². The average Bonchev–Trinajstić information content (AvgIpc) is 2.61. The van der Waals surface area contributed by atoms with E-state index in [1.54, 1.807) is 6.20 Å². The first kappa shape index (κ1) is 11.5. The number of benzene rings is 1. The summed E-state index contributed by atoms with van der Waals surface area (Å²) in [6, 6.07) is 3.02. The van der Waals surface area contributed by atoms with Crippen LogP contribution < -0.4 is 11.2 Å². The number of halogens is 1. The van der Waals surface area contributed by atoms with Crippen molar-refractivity contribution in [3.8, 4) is 0 Å². The number of nitrogens with one attached hydrogen (secondary N) is 2. The van der Waals surface area contributed by atoms with Crippen LogP contribution in [0.2, 0.25) is 5.02 Å². The van der Waals surface area contributed by atoms with Gasteiger partial charge in [-0.25, -0.2) is 10.2 Å². The minimum Gasteiger partial charge on any atom is -0.360 e.